The number of rotatable bonds is 6. The molecule has 0 aliphatic carbocycles. The van der Waals surface area contributed by atoms with Gasteiger partial charge in [-0.05, 0) is 26.2 Å². The van der Waals surface area contributed by atoms with Gasteiger partial charge in [0.1, 0.15) is 0 Å². The Kier molecular flexibility index (Phi) is 6.24. The Morgan fingerprint density at radius 2 is 1.47 bits per heavy atom. The summed E-state index contributed by atoms with van der Waals surface area (Å²) in [6.07, 6.45) is 0. The molecular formula is C15H33N3O. The second-order valence-corrected chi connectivity index (χ2v) is 7.61. The van der Waals surface area contributed by atoms with Gasteiger partial charge in [-0.1, -0.05) is 13.8 Å². The molecule has 114 valence electrons. The number of piperazine rings is 1. The molecule has 0 amide bonds. The van der Waals surface area contributed by atoms with Crippen LogP contribution < -0.4 is 5.32 Å². The van der Waals surface area contributed by atoms with E-state index in [2.05, 4.69) is 49.7 Å². The van der Waals surface area contributed by atoms with E-state index in [1.807, 2.05) is 0 Å². The summed E-state index contributed by atoms with van der Waals surface area (Å²) in [4.78, 5) is 4.90. The average Bonchev–Trinajstić information content (AvgIpc) is 2.29. The third-order valence-electron chi connectivity index (χ3n) is 3.63. The molecule has 0 bridgehead atoms. The Bertz CT molecular complexity index is 253. The van der Waals surface area contributed by atoms with Crippen molar-refractivity contribution in [2.24, 2.45) is 5.41 Å². The molecule has 19 heavy (non-hydrogen) atoms. The van der Waals surface area contributed by atoms with Crippen LogP contribution in [0, 0.1) is 5.41 Å². The third kappa shape index (κ3) is 7.25. The highest BCUT2D eigenvalue weighted by Gasteiger charge is 2.26. The van der Waals surface area contributed by atoms with E-state index in [4.69, 9.17) is 5.11 Å². The molecule has 0 aromatic carbocycles. The van der Waals surface area contributed by atoms with Crippen LogP contribution in [0.1, 0.15) is 34.6 Å². The van der Waals surface area contributed by atoms with Crippen LogP contribution in [0.5, 0.6) is 0 Å². The number of nitrogens with zero attached hydrogens (tertiary/aromatic N) is 2. The van der Waals surface area contributed by atoms with Crippen molar-refractivity contribution in [3.8, 4) is 0 Å². The van der Waals surface area contributed by atoms with Crippen LogP contribution in [0.2, 0.25) is 0 Å². The van der Waals surface area contributed by atoms with Crippen molar-refractivity contribution in [2.75, 3.05) is 52.4 Å². The fourth-order valence-electron chi connectivity index (χ4n) is 2.48. The quantitative estimate of drug-likeness (QED) is 0.756. The van der Waals surface area contributed by atoms with E-state index < -0.39 is 0 Å². The minimum absolute atomic E-state index is 0.192. The van der Waals surface area contributed by atoms with Crippen LogP contribution in [0.3, 0.4) is 0 Å². The minimum atomic E-state index is 0.192. The highest BCUT2D eigenvalue weighted by molar-refractivity contribution is 4.83. The van der Waals surface area contributed by atoms with Gasteiger partial charge in [0.15, 0.2) is 0 Å². The van der Waals surface area contributed by atoms with Gasteiger partial charge in [0.25, 0.3) is 0 Å². The SMILES string of the molecule is CC(C)(CNC(C)(C)C)CN1CCN(CCO)CC1. The first-order chi connectivity index (χ1) is 8.72. The Morgan fingerprint density at radius 3 is 1.95 bits per heavy atom. The lowest BCUT2D eigenvalue weighted by Gasteiger charge is -2.39. The first-order valence-electron chi connectivity index (χ1n) is 7.52. The first kappa shape index (κ1) is 16.9. The fraction of sp³-hybridized carbons (Fsp3) is 1.00. The lowest BCUT2D eigenvalue weighted by atomic mass is 9.91. The summed E-state index contributed by atoms with van der Waals surface area (Å²) in [7, 11) is 0. The maximum absolute atomic E-state index is 8.95. The van der Waals surface area contributed by atoms with Crippen LogP contribution in [-0.4, -0.2) is 72.9 Å². The number of aliphatic hydroxyl groups is 1. The molecule has 1 heterocycles. The monoisotopic (exact) mass is 271 g/mol. The van der Waals surface area contributed by atoms with Crippen LogP contribution >= 0.6 is 0 Å². The molecule has 0 saturated carbocycles. The van der Waals surface area contributed by atoms with E-state index in [0.29, 0.717) is 5.41 Å². The van der Waals surface area contributed by atoms with E-state index in [-0.39, 0.29) is 12.1 Å². The number of nitrogens with one attached hydrogen (secondary N) is 1. The minimum Gasteiger partial charge on any atom is -0.395 e. The summed E-state index contributed by atoms with van der Waals surface area (Å²) >= 11 is 0. The smallest absolute Gasteiger partial charge is 0.0558 e. The van der Waals surface area contributed by atoms with Gasteiger partial charge in [0.05, 0.1) is 6.61 Å². The highest BCUT2D eigenvalue weighted by Crippen LogP contribution is 2.18. The topological polar surface area (TPSA) is 38.7 Å². The summed E-state index contributed by atoms with van der Waals surface area (Å²) in [6, 6.07) is 0. The summed E-state index contributed by atoms with van der Waals surface area (Å²) < 4.78 is 0. The molecule has 0 radical (unpaired) electrons. The Morgan fingerprint density at radius 1 is 0.947 bits per heavy atom. The molecule has 0 unspecified atom stereocenters. The Labute approximate surface area is 119 Å². The molecule has 2 N–H and O–H groups in total. The maximum atomic E-state index is 8.95. The van der Waals surface area contributed by atoms with E-state index >= 15 is 0 Å². The number of aliphatic hydroxyl groups excluding tert-OH is 1. The molecule has 0 atom stereocenters. The third-order valence-corrected chi connectivity index (χ3v) is 3.63. The average molecular weight is 271 g/mol. The standard InChI is InChI=1S/C15H33N3O/c1-14(2,3)16-12-15(4,5)13-18-8-6-17(7-9-18)10-11-19/h16,19H,6-13H2,1-5H3. The maximum Gasteiger partial charge on any atom is 0.0558 e. The van der Waals surface area contributed by atoms with Crippen molar-refractivity contribution in [1.29, 1.82) is 0 Å². The van der Waals surface area contributed by atoms with Gasteiger partial charge < -0.3 is 15.3 Å². The van der Waals surface area contributed by atoms with Crippen molar-refractivity contribution in [3.05, 3.63) is 0 Å². The molecule has 4 nitrogen and oxygen atoms in total. The van der Waals surface area contributed by atoms with Gasteiger partial charge in [-0.25, -0.2) is 0 Å². The number of hydrogen-bond donors (Lipinski definition) is 2. The van der Waals surface area contributed by atoms with Gasteiger partial charge in [-0.3, -0.25) is 4.90 Å². The molecule has 1 rings (SSSR count). The molecular weight excluding hydrogens is 238 g/mol. The van der Waals surface area contributed by atoms with Gasteiger partial charge in [0.2, 0.25) is 0 Å². The zero-order valence-electron chi connectivity index (χ0n) is 13.5. The summed E-state index contributed by atoms with van der Waals surface area (Å²) in [5, 5.41) is 12.6. The van der Waals surface area contributed by atoms with Crippen molar-refractivity contribution < 1.29 is 5.11 Å². The van der Waals surface area contributed by atoms with Gasteiger partial charge in [-0.2, -0.15) is 0 Å². The molecule has 1 fully saturated rings. The van der Waals surface area contributed by atoms with Gasteiger partial charge in [-0.15, -0.1) is 0 Å². The number of β-amino-alcohol motifs (C(OH)–C–C–N with tert-alkyl or cyclic N) is 1. The molecule has 4 heteroatoms. The molecule has 1 aliphatic heterocycles. The molecule has 0 spiro atoms. The van der Waals surface area contributed by atoms with Crippen LogP contribution in [0.25, 0.3) is 0 Å². The van der Waals surface area contributed by atoms with Crippen molar-refractivity contribution in [2.45, 2.75) is 40.2 Å². The van der Waals surface area contributed by atoms with Gasteiger partial charge >= 0.3 is 0 Å². The molecule has 0 aromatic heterocycles. The lowest BCUT2D eigenvalue weighted by Crippen LogP contribution is -2.52. The summed E-state index contributed by atoms with van der Waals surface area (Å²) in [5.41, 5.74) is 0.490. The normalized spacial score (nSPS) is 19.9. The van der Waals surface area contributed by atoms with Gasteiger partial charge in [0, 0.05) is 51.4 Å². The first-order valence-corrected chi connectivity index (χ1v) is 7.52. The van der Waals surface area contributed by atoms with E-state index in [1.54, 1.807) is 0 Å². The van der Waals surface area contributed by atoms with E-state index in [9.17, 15) is 0 Å². The van der Waals surface area contributed by atoms with Crippen molar-refractivity contribution >= 4 is 0 Å². The fourth-order valence-corrected chi connectivity index (χ4v) is 2.48. The summed E-state index contributed by atoms with van der Waals surface area (Å²) in [5.74, 6) is 0. The van der Waals surface area contributed by atoms with Crippen LogP contribution in [0.15, 0.2) is 0 Å². The molecule has 1 saturated heterocycles. The van der Waals surface area contributed by atoms with Crippen molar-refractivity contribution in [1.82, 2.24) is 15.1 Å². The second kappa shape index (κ2) is 7.02. The van der Waals surface area contributed by atoms with Crippen LogP contribution in [-0.2, 0) is 0 Å². The predicted octanol–water partition coefficient (Wildman–Crippen LogP) is 1.01. The Hall–Kier alpha value is -0.160. The molecule has 0 aromatic rings. The number of hydrogen-bond acceptors (Lipinski definition) is 4. The van der Waals surface area contributed by atoms with Crippen molar-refractivity contribution in [3.63, 3.8) is 0 Å². The second-order valence-electron chi connectivity index (χ2n) is 7.61. The van der Waals surface area contributed by atoms with Crippen LogP contribution in [0.4, 0.5) is 0 Å². The highest BCUT2D eigenvalue weighted by atomic mass is 16.3. The van der Waals surface area contributed by atoms with E-state index in [0.717, 1.165) is 45.8 Å². The lowest BCUT2D eigenvalue weighted by molar-refractivity contribution is 0.0831. The Balaban J connectivity index is 2.30. The zero-order chi connectivity index (χ0) is 14.5. The zero-order valence-corrected chi connectivity index (χ0v) is 13.5. The van der Waals surface area contributed by atoms with E-state index in [1.165, 1.54) is 0 Å². The summed E-state index contributed by atoms with van der Waals surface area (Å²) in [6.45, 7) is 19.0. The predicted molar refractivity (Wildman–Crippen MR) is 81.5 cm³/mol. The largest absolute Gasteiger partial charge is 0.395 e. The molecule has 1 aliphatic rings.